The Morgan fingerprint density at radius 3 is 2.64 bits per heavy atom. The molecule has 1 aliphatic heterocycles. The Labute approximate surface area is 214 Å². The van der Waals surface area contributed by atoms with Gasteiger partial charge in [0.1, 0.15) is 5.75 Å². The summed E-state index contributed by atoms with van der Waals surface area (Å²) >= 11 is 0. The zero-order valence-corrected chi connectivity index (χ0v) is 21.9. The first-order valence-electron chi connectivity index (χ1n) is 12.2. The van der Waals surface area contributed by atoms with Crippen molar-refractivity contribution in [1.82, 2.24) is 10.2 Å². The van der Waals surface area contributed by atoms with Crippen molar-refractivity contribution in [2.24, 2.45) is 0 Å². The minimum Gasteiger partial charge on any atom is -0.493 e. The van der Waals surface area contributed by atoms with E-state index in [0.717, 1.165) is 31.5 Å². The number of amides is 1. The van der Waals surface area contributed by atoms with Gasteiger partial charge in [-0.05, 0) is 55.5 Å². The first kappa shape index (κ1) is 27.7. The summed E-state index contributed by atoms with van der Waals surface area (Å²) in [5.74, 6) is 0.417. The zero-order valence-electron chi connectivity index (χ0n) is 21.1. The molecule has 1 heterocycles. The van der Waals surface area contributed by atoms with E-state index in [1.54, 1.807) is 36.4 Å². The predicted molar refractivity (Wildman–Crippen MR) is 140 cm³/mol. The van der Waals surface area contributed by atoms with Crippen molar-refractivity contribution in [3.05, 3.63) is 71.8 Å². The van der Waals surface area contributed by atoms with Crippen LogP contribution in [0.3, 0.4) is 0 Å². The number of hydrogen-bond donors (Lipinski definition) is 1. The molecule has 1 amide bonds. The Hall–Kier alpha value is -2.88. The molecule has 0 saturated carbocycles. The van der Waals surface area contributed by atoms with Crippen molar-refractivity contribution in [2.75, 3.05) is 40.5 Å². The molecule has 0 radical (unpaired) electrons. The van der Waals surface area contributed by atoms with Crippen molar-refractivity contribution in [2.45, 2.75) is 37.5 Å². The van der Waals surface area contributed by atoms with Crippen LogP contribution in [0.15, 0.2) is 55.1 Å². The molecule has 0 aliphatic carbocycles. The fourth-order valence-electron chi connectivity index (χ4n) is 4.45. The van der Waals surface area contributed by atoms with E-state index >= 15 is 0 Å². The fraction of sp³-hybridized carbons (Fsp3) is 0.444. The highest BCUT2D eigenvalue weighted by Crippen LogP contribution is 2.33. The van der Waals surface area contributed by atoms with E-state index in [-0.39, 0.29) is 24.3 Å². The molecular weight excluding hydrogens is 480 g/mol. The minimum atomic E-state index is -3.68. The van der Waals surface area contributed by atoms with Crippen LogP contribution in [0.5, 0.6) is 11.5 Å². The second-order valence-corrected chi connectivity index (χ2v) is 10.4. The number of rotatable bonds is 14. The van der Waals surface area contributed by atoms with Crippen LogP contribution >= 0.6 is 0 Å². The van der Waals surface area contributed by atoms with Gasteiger partial charge in [-0.1, -0.05) is 36.4 Å². The van der Waals surface area contributed by atoms with E-state index in [1.807, 2.05) is 12.1 Å². The van der Waals surface area contributed by atoms with E-state index in [0.29, 0.717) is 42.0 Å². The average Bonchev–Trinajstić information content (AvgIpc) is 3.32. The highest BCUT2D eigenvalue weighted by atomic mass is 32.2. The lowest BCUT2D eigenvalue weighted by molar-refractivity contribution is 0.0938. The summed E-state index contributed by atoms with van der Waals surface area (Å²) < 4.78 is 40.7. The van der Waals surface area contributed by atoms with Gasteiger partial charge in [-0.2, -0.15) is 8.42 Å². The Bertz CT molecular complexity index is 1120. The third-order valence-electron chi connectivity index (χ3n) is 6.20. The average molecular weight is 517 g/mol. The highest BCUT2D eigenvalue weighted by Gasteiger charge is 2.25. The van der Waals surface area contributed by atoms with E-state index in [2.05, 4.69) is 16.8 Å². The van der Waals surface area contributed by atoms with Crippen LogP contribution in [0.1, 0.15) is 40.7 Å². The molecular formula is C27H36N2O6S. The Balaban J connectivity index is 1.61. The predicted octanol–water partition coefficient (Wildman–Crippen LogP) is 3.56. The molecule has 36 heavy (non-hydrogen) atoms. The largest absolute Gasteiger partial charge is 0.493 e. The highest BCUT2D eigenvalue weighted by molar-refractivity contribution is 7.85. The van der Waals surface area contributed by atoms with Crippen LogP contribution in [0.2, 0.25) is 0 Å². The third-order valence-corrected chi connectivity index (χ3v) is 7.42. The van der Waals surface area contributed by atoms with Crippen molar-refractivity contribution in [3.8, 4) is 11.5 Å². The minimum absolute atomic E-state index is 0.0475. The summed E-state index contributed by atoms with van der Waals surface area (Å²) in [6.07, 6.45) is 4.99. The smallest absolute Gasteiger partial charge is 0.271 e. The van der Waals surface area contributed by atoms with Gasteiger partial charge in [0.15, 0.2) is 11.5 Å². The molecule has 1 saturated heterocycles. The number of ether oxygens (including phenoxy) is 2. The SMILES string of the molecule is C=CCN1CCC[C@H]1CNC(=O)c1cc(CCCOS(=O)(=O)Cc2ccccc2)cc(OC)c1OC. The Morgan fingerprint density at radius 1 is 1.17 bits per heavy atom. The number of benzene rings is 2. The summed E-state index contributed by atoms with van der Waals surface area (Å²) in [6.45, 7) is 6.20. The zero-order chi connectivity index (χ0) is 26.0. The van der Waals surface area contributed by atoms with E-state index in [4.69, 9.17) is 13.7 Å². The molecule has 0 spiro atoms. The van der Waals surface area contributed by atoms with Crippen LogP contribution in [0.4, 0.5) is 0 Å². The van der Waals surface area contributed by atoms with Gasteiger partial charge in [-0.3, -0.25) is 13.9 Å². The molecule has 1 atom stereocenters. The molecule has 2 aromatic rings. The van der Waals surface area contributed by atoms with Crippen LogP contribution in [0.25, 0.3) is 0 Å². The van der Waals surface area contributed by atoms with Crippen molar-refractivity contribution < 1.29 is 26.9 Å². The molecule has 0 aromatic heterocycles. The molecule has 3 rings (SSSR count). The molecule has 1 aliphatic rings. The summed E-state index contributed by atoms with van der Waals surface area (Å²) in [4.78, 5) is 15.4. The summed E-state index contributed by atoms with van der Waals surface area (Å²) in [6, 6.07) is 12.8. The summed E-state index contributed by atoms with van der Waals surface area (Å²) in [5.41, 5.74) is 1.90. The Kier molecular flexibility index (Phi) is 10.3. The van der Waals surface area contributed by atoms with Gasteiger partial charge in [0.2, 0.25) is 0 Å². The maximum Gasteiger partial charge on any atom is 0.271 e. The van der Waals surface area contributed by atoms with Gasteiger partial charge in [-0.25, -0.2) is 0 Å². The van der Waals surface area contributed by atoms with Crippen molar-refractivity contribution in [3.63, 3.8) is 0 Å². The summed E-state index contributed by atoms with van der Waals surface area (Å²) in [5, 5.41) is 3.04. The number of nitrogens with zero attached hydrogens (tertiary/aromatic N) is 1. The van der Waals surface area contributed by atoms with Crippen molar-refractivity contribution >= 4 is 16.0 Å². The van der Waals surface area contributed by atoms with Gasteiger partial charge < -0.3 is 14.8 Å². The van der Waals surface area contributed by atoms with Gasteiger partial charge in [0, 0.05) is 19.1 Å². The summed E-state index contributed by atoms with van der Waals surface area (Å²) in [7, 11) is -0.653. The maximum atomic E-state index is 13.1. The number of carbonyl (C=O) groups excluding carboxylic acids is 1. The molecule has 0 bridgehead atoms. The number of nitrogens with one attached hydrogen (secondary N) is 1. The molecule has 0 unspecified atom stereocenters. The van der Waals surface area contributed by atoms with E-state index < -0.39 is 10.1 Å². The van der Waals surface area contributed by atoms with Crippen LogP contribution in [-0.2, 0) is 26.5 Å². The van der Waals surface area contributed by atoms with Gasteiger partial charge in [0.25, 0.3) is 16.0 Å². The van der Waals surface area contributed by atoms with E-state index in [1.165, 1.54) is 14.2 Å². The molecule has 8 nitrogen and oxygen atoms in total. The van der Waals surface area contributed by atoms with Crippen LogP contribution < -0.4 is 14.8 Å². The molecule has 9 heteroatoms. The lowest BCUT2D eigenvalue weighted by Crippen LogP contribution is -2.40. The molecule has 1 fully saturated rings. The second-order valence-electron chi connectivity index (χ2n) is 8.78. The van der Waals surface area contributed by atoms with E-state index in [9.17, 15) is 13.2 Å². The number of methoxy groups -OCH3 is 2. The lowest BCUT2D eigenvalue weighted by atomic mass is 10.0. The fourth-order valence-corrected chi connectivity index (χ4v) is 5.51. The maximum absolute atomic E-state index is 13.1. The topological polar surface area (TPSA) is 94.2 Å². The van der Waals surface area contributed by atoms with Gasteiger partial charge in [-0.15, -0.1) is 6.58 Å². The normalized spacial score (nSPS) is 16.0. The number of aryl methyl sites for hydroxylation is 1. The number of hydrogen-bond acceptors (Lipinski definition) is 7. The van der Waals surface area contributed by atoms with Crippen LogP contribution in [-0.4, -0.2) is 65.7 Å². The number of likely N-dealkylation sites (tertiary alicyclic amines) is 1. The van der Waals surface area contributed by atoms with Gasteiger partial charge in [0.05, 0.1) is 26.4 Å². The van der Waals surface area contributed by atoms with Crippen molar-refractivity contribution in [1.29, 1.82) is 0 Å². The first-order chi connectivity index (χ1) is 17.4. The lowest BCUT2D eigenvalue weighted by Gasteiger charge is -2.23. The standard InChI is InChI=1S/C27H36N2O6S/c1-4-14-29-15-8-13-23(29)19-28-27(30)24-17-22(18-25(33-2)26(24)34-3)12-9-16-35-36(31,32)20-21-10-6-5-7-11-21/h4-7,10-11,17-18,23H,1,8-9,12-16,19-20H2,2-3H3,(H,28,30)/t23-/m0/s1. The second kappa shape index (κ2) is 13.4. The quantitative estimate of drug-likeness (QED) is 0.233. The van der Waals surface area contributed by atoms with Crippen LogP contribution in [0, 0.1) is 0 Å². The monoisotopic (exact) mass is 516 g/mol. The molecule has 2 aromatic carbocycles. The number of carbonyl (C=O) groups is 1. The third kappa shape index (κ3) is 7.81. The first-order valence-corrected chi connectivity index (χ1v) is 13.7. The molecule has 1 N–H and O–H groups in total. The Morgan fingerprint density at radius 2 is 1.94 bits per heavy atom. The van der Waals surface area contributed by atoms with Gasteiger partial charge >= 0.3 is 0 Å². The molecule has 196 valence electrons.